The van der Waals surface area contributed by atoms with Crippen molar-refractivity contribution in [2.24, 2.45) is 0 Å². The fourth-order valence-corrected chi connectivity index (χ4v) is 3.05. The van der Waals surface area contributed by atoms with Crippen molar-refractivity contribution in [2.45, 2.75) is 9.28 Å². The summed E-state index contributed by atoms with van der Waals surface area (Å²) in [5.74, 6) is 0. The maximum atomic E-state index is 2.21. The molecular formula is C14H15AgI. The van der Waals surface area contributed by atoms with Crippen LogP contribution in [0.25, 0.3) is 0 Å². The van der Waals surface area contributed by atoms with E-state index in [0.29, 0.717) is 0 Å². The summed E-state index contributed by atoms with van der Waals surface area (Å²) in [6.07, 6.45) is 0. The van der Waals surface area contributed by atoms with E-state index in [1.807, 2.05) is 0 Å². The van der Waals surface area contributed by atoms with Crippen molar-refractivity contribution >= 4 is 24.0 Å². The monoisotopic (exact) mass is 417 g/mol. The molecule has 0 radical (unpaired) electrons. The van der Waals surface area contributed by atoms with Crippen molar-refractivity contribution in [1.29, 1.82) is 0 Å². The van der Waals surface area contributed by atoms with E-state index in [2.05, 4.69) is 60.7 Å². The zero-order valence-electron chi connectivity index (χ0n) is 8.90. The van der Waals surface area contributed by atoms with Crippen LogP contribution < -0.4 is 0 Å². The Bertz CT molecular complexity index is 346. The molecule has 2 rings (SSSR count). The minimum atomic E-state index is 0. The van der Waals surface area contributed by atoms with E-state index in [-0.39, 0.29) is 24.0 Å². The third kappa shape index (κ3) is 4.83. The fraction of sp³-hybridized carbons (Fsp3) is 0.143. The van der Waals surface area contributed by atoms with Crippen molar-refractivity contribution < 1.29 is 19.8 Å². The Balaban J connectivity index is 0.00000128. The van der Waals surface area contributed by atoms with Crippen LogP contribution in [-0.2, 0) is 29.0 Å². The Morgan fingerprint density at radius 1 is 0.625 bits per heavy atom. The summed E-state index contributed by atoms with van der Waals surface area (Å²) in [4.78, 5) is 0. The molecule has 0 amide bonds. The molecule has 0 fully saturated rings. The zero-order valence-corrected chi connectivity index (χ0v) is 12.7. The second-order valence-electron chi connectivity index (χ2n) is 3.34. The van der Waals surface area contributed by atoms with Gasteiger partial charge in [0.2, 0.25) is 0 Å². The van der Waals surface area contributed by atoms with E-state index in [0.717, 1.165) is 19.8 Å². The molecule has 0 atom stereocenters. The molecule has 0 N–H and O–H groups in total. The number of hydrogen-bond acceptors (Lipinski definition) is 0. The average Bonchev–Trinajstić information content (AvgIpc) is 2.32. The standard InChI is InChI=1S/2C7H7.Ag.HI/c2*1-7-5-3-2-4-6-7;;/h2*2-6H,1H2;;1H. The summed E-state index contributed by atoms with van der Waals surface area (Å²) in [7, 11) is 0. The van der Waals surface area contributed by atoms with Gasteiger partial charge in [-0.3, -0.25) is 0 Å². The summed E-state index contributed by atoms with van der Waals surface area (Å²) in [6.45, 7) is 0. The van der Waals surface area contributed by atoms with Gasteiger partial charge < -0.3 is 0 Å². The van der Waals surface area contributed by atoms with Crippen molar-refractivity contribution in [2.75, 3.05) is 0 Å². The molecule has 0 saturated carbocycles. The molecule has 0 aliphatic rings. The molecule has 0 aliphatic carbocycles. The first-order valence-corrected chi connectivity index (χ1v) is 7.05. The van der Waals surface area contributed by atoms with Gasteiger partial charge in [0.05, 0.1) is 0 Å². The van der Waals surface area contributed by atoms with Gasteiger partial charge in [-0.05, 0) is 0 Å². The number of hydrogen-bond donors (Lipinski definition) is 0. The van der Waals surface area contributed by atoms with E-state index < -0.39 is 0 Å². The van der Waals surface area contributed by atoms with Gasteiger partial charge in [-0.15, -0.1) is 24.0 Å². The maximum absolute atomic E-state index is 2.21. The van der Waals surface area contributed by atoms with Gasteiger partial charge in [0.25, 0.3) is 0 Å². The first-order chi connectivity index (χ1) is 7.45. The molecule has 2 aromatic rings. The first-order valence-electron chi connectivity index (χ1n) is 4.95. The predicted molar refractivity (Wildman–Crippen MR) is 75.7 cm³/mol. The minimum absolute atomic E-state index is 0. The molecule has 0 nitrogen and oxygen atoms in total. The van der Waals surface area contributed by atoms with Gasteiger partial charge in [0.15, 0.2) is 0 Å². The van der Waals surface area contributed by atoms with E-state index in [9.17, 15) is 0 Å². The van der Waals surface area contributed by atoms with Gasteiger partial charge >= 0.3 is 101 Å². The summed E-state index contributed by atoms with van der Waals surface area (Å²) < 4.78 is 2.41. The Hall–Kier alpha value is -0.0897. The second-order valence-corrected chi connectivity index (χ2v) is 5.12. The summed E-state index contributed by atoms with van der Waals surface area (Å²) >= 11 is 0.968. The SMILES string of the molecule is I.c1ccc([CH2][Ag][CH2]c2ccccc2)cc1. The molecule has 16 heavy (non-hydrogen) atoms. The van der Waals surface area contributed by atoms with E-state index in [1.165, 1.54) is 20.4 Å². The molecule has 2 aromatic carbocycles. The molecule has 0 heterocycles. The van der Waals surface area contributed by atoms with Gasteiger partial charge in [-0.1, -0.05) is 0 Å². The molecular weight excluding hydrogens is 403 g/mol. The predicted octanol–water partition coefficient (Wildman–Crippen LogP) is 4.09. The van der Waals surface area contributed by atoms with Crippen LogP contribution in [0.5, 0.6) is 0 Å². The van der Waals surface area contributed by atoms with E-state index >= 15 is 0 Å². The number of benzene rings is 2. The first kappa shape index (κ1) is 14.0. The molecule has 0 saturated heterocycles. The third-order valence-corrected chi connectivity index (χ3v) is 4.03. The molecule has 0 aliphatic heterocycles. The summed E-state index contributed by atoms with van der Waals surface area (Å²) in [5, 5.41) is 0. The van der Waals surface area contributed by atoms with E-state index in [4.69, 9.17) is 0 Å². The van der Waals surface area contributed by atoms with Crippen LogP contribution in [0.2, 0.25) is 0 Å². The Morgan fingerprint density at radius 3 is 1.38 bits per heavy atom. The average molecular weight is 418 g/mol. The van der Waals surface area contributed by atoms with Crippen LogP contribution in [0, 0.1) is 0 Å². The van der Waals surface area contributed by atoms with Gasteiger partial charge in [-0.2, -0.15) is 0 Å². The number of halogens is 1. The molecule has 0 unspecified atom stereocenters. The van der Waals surface area contributed by atoms with Crippen molar-refractivity contribution in [3.05, 3.63) is 71.8 Å². The van der Waals surface area contributed by atoms with Crippen molar-refractivity contribution in [1.82, 2.24) is 0 Å². The van der Waals surface area contributed by atoms with Crippen LogP contribution in [0.15, 0.2) is 60.7 Å². The Labute approximate surface area is 124 Å². The number of rotatable bonds is 4. The Morgan fingerprint density at radius 2 is 1.00 bits per heavy atom. The molecule has 0 bridgehead atoms. The third-order valence-electron chi connectivity index (χ3n) is 2.08. The van der Waals surface area contributed by atoms with Crippen molar-refractivity contribution in [3.8, 4) is 0 Å². The van der Waals surface area contributed by atoms with Crippen LogP contribution in [0.3, 0.4) is 0 Å². The Kier molecular flexibility index (Phi) is 7.05. The summed E-state index contributed by atoms with van der Waals surface area (Å²) in [6, 6.07) is 21.4. The topological polar surface area (TPSA) is 0 Å². The zero-order chi connectivity index (χ0) is 10.3. The van der Waals surface area contributed by atoms with Gasteiger partial charge in [0, 0.05) is 0 Å². The molecule has 2 heteroatoms. The van der Waals surface area contributed by atoms with Crippen molar-refractivity contribution in [3.63, 3.8) is 0 Å². The van der Waals surface area contributed by atoms with E-state index in [1.54, 1.807) is 0 Å². The van der Waals surface area contributed by atoms with Crippen LogP contribution in [0.4, 0.5) is 0 Å². The van der Waals surface area contributed by atoms with Crippen LogP contribution >= 0.6 is 24.0 Å². The van der Waals surface area contributed by atoms with Gasteiger partial charge in [-0.25, -0.2) is 0 Å². The van der Waals surface area contributed by atoms with Gasteiger partial charge in [0.1, 0.15) is 0 Å². The van der Waals surface area contributed by atoms with Crippen LogP contribution in [-0.4, -0.2) is 0 Å². The molecule has 0 aromatic heterocycles. The molecule has 89 valence electrons. The normalized spacial score (nSPS) is 9.75. The summed E-state index contributed by atoms with van der Waals surface area (Å²) in [5.41, 5.74) is 2.90. The second kappa shape index (κ2) is 8.07. The fourth-order valence-electron chi connectivity index (χ4n) is 1.31. The van der Waals surface area contributed by atoms with Crippen LogP contribution in [0.1, 0.15) is 11.1 Å². The quantitative estimate of drug-likeness (QED) is 0.519. The molecule has 0 spiro atoms.